The van der Waals surface area contributed by atoms with Crippen LogP contribution in [0.25, 0.3) is 10.8 Å². The van der Waals surface area contributed by atoms with E-state index in [1.165, 1.54) is 6.92 Å². The van der Waals surface area contributed by atoms with Crippen LogP contribution in [0.1, 0.15) is 12.5 Å². The SMILES string of the molecule is CC(OC(=O)Cc1cccc2ccccc12)C(=O)NC(N)=O. The smallest absolute Gasteiger partial charge is 0.318 e. The average molecular weight is 300 g/mol. The first-order valence-corrected chi connectivity index (χ1v) is 6.74. The molecule has 0 saturated carbocycles. The largest absolute Gasteiger partial charge is 0.452 e. The predicted molar refractivity (Wildman–Crippen MR) is 80.9 cm³/mol. The van der Waals surface area contributed by atoms with E-state index in [9.17, 15) is 14.4 Å². The van der Waals surface area contributed by atoms with Gasteiger partial charge >= 0.3 is 12.0 Å². The maximum atomic E-state index is 11.9. The summed E-state index contributed by atoms with van der Waals surface area (Å²) in [5.41, 5.74) is 5.65. The second-order valence-corrected chi connectivity index (χ2v) is 4.80. The van der Waals surface area contributed by atoms with Crippen LogP contribution in [-0.4, -0.2) is 24.0 Å². The Morgan fingerprint density at radius 1 is 1.14 bits per heavy atom. The van der Waals surface area contributed by atoms with Crippen molar-refractivity contribution in [2.75, 3.05) is 0 Å². The number of hydrogen-bond acceptors (Lipinski definition) is 4. The van der Waals surface area contributed by atoms with Gasteiger partial charge in [-0.25, -0.2) is 4.79 Å². The standard InChI is InChI=1S/C16H16N2O4/c1-10(15(20)18-16(17)21)22-14(19)9-12-7-4-6-11-5-2-3-8-13(11)12/h2-8,10H,9H2,1H3,(H3,17,18,20,21). The van der Waals surface area contributed by atoms with Gasteiger partial charge < -0.3 is 10.5 Å². The van der Waals surface area contributed by atoms with Crippen LogP contribution in [0.3, 0.4) is 0 Å². The first-order chi connectivity index (χ1) is 10.5. The summed E-state index contributed by atoms with van der Waals surface area (Å²) in [5, 5.41) is 3.84. The number of carbonyl (C=O) groups excluding carboxylic acids is 3. The van der Waals surface area contributed by atoms with E-state index in [0.717, 1.165) is 16.3 Å². The van der Waals surface area contributed by atoms with Crippen molar-refractivity contribution in [3.63, 3.8) is 0 Å². The number of rotatable bonds is 4. The number of primary amides is 1. The molecule has 0 aliphatic heterocycles. The molecule has 0 aliphatic rings. The summed E-state index contributed by atoms with van der Waals surface area (Å²) in [6.45, 7) is 1.37. The molecule has 22 heavy (non-hydrogen) atoms. The molecule has 0 bridgehead atoms. The number of nitrogens with two attached hydrogens (primary N) is 1. The van der Waals surface area contributed by atoms with Gasteiger partial charge in [-0.15, -0.1) is 0 Å². The Bertz CT molecular complexity index is 722. The third-order valence-corrected chi connectivity index (χ3v) is 3.14. The summed E-state index contributed by atoms with van der Waals surface area (Å²) in [5.74, 6) is -1.30. The zero-order chi connectivity index (χ0) is 16.1. The van der Waals surface area contributed by atoms with E-state index in [0.29, 0.717) is 0 Å². The molecule has 3 amide bonds. The van der Waals surface area contributed by atoms with Crippen LogP contribution in [0, 0.1) is 0 Å². The second kappa shape index (κ2) is 6.71. The average Bonchev–Trinajstić information content (AvgIpc) is 2.46. The Kier molecular flexibility index (Phi) is 4.73. The number of carbonyl (C=O) groups is 3. The van der Waals surface area contributed by atoms with Crippen molar-refractivity contribution in [3.8, 4) is 0 Å². The number of hydrogen-bond donors (Lipinski definition) is 2. The fourth-order valence-electron chi connectivity index (χ4n) is 2.12. The van der Waals surface area contributed by atoms with Crippen LogP contribution in [0.5, 0.6) is 0 Å². The van der Waals surface area contributed by atoms with Crippen LogP contribution in [0.15, 0.2) is 42.5 Å². The number of esters is 1. The van der Waals surface area contributed by atoms with Gasteiger partial charge in [-0.2, -0.15) is 0 Å². The fourth-order valence-corrected chi connectivity index (χ4v) is 2.12. The minimum absolute atomic E-state index is 0.0372. The molecule has 2 aromatic rings. The van der Waals surface area contributed by atoms with E-state index in [2.05, 4.69) is 0 Å². The Morgan fingerprint density at radius 2 is 1.82 bits per heavy atom. The predicted octanol–water partition coefficient (Wildman–Crippen LogP) is 1.51. The minimum Gasteiger partial charge on any atom is -0.452 e. The highest BCUT2D eigenvalue weighted by atomic mass is 16.5. The van der Waals surface area contributed by atoms with E-state index < -0.39 is 24.0 Å². The lowest BCUT2D eigenvalue weighted by atomic mass is 10.0. The number of ether oxygens (including phenoxy) is 1. The van der Waals surface area contributed by atoms with Gasteiger partial charge in [0.25, 0.3) is 5.91 Å². The number of amides is 3. The molecule has 1 atom stereocenters. The molecule has 3 N–H and O–H groups in total. The monoisotopic (exact) mass is 300 g/mol. The van der Waals surface area contributed by atoms with Crippen LogP contribution in [0.2, 0.25) is 0 Å². The highest BCUT2D eigenvalue weighted by Crippen LogP contribution is 2.19. The molecular weight excluding hydrogens is 284 g/mol. The van der Waals surface area contributed by atoms with Crippen molar-refractivity contribution >= 4 is 28.7 Å². The third kappa shape index (κ3) is 3.82. The summed E-state index contributed by atoms with van der Waals surface area (Å²) < 4.78 is 5.01. The molecule has 1 unspecified atom stereocenters. The molecule has 2 aromatic carbocycles. The Hall–Kier alpha value is -2.89. The number of fused-ring (bicyclic) bond motifs is 1. The van der Waals surface area contributed by atoms with Crippen LogP contribution < -0.4 is 11.1 Å². The van der Waals surface area contributed by atoms with Crippen LogP contribution >= 0.6 is 0 Å². The number of benzene rings is 2. The van der Waals surface area contributed by atoms with Crippen molar-refractivity contribution in [2.24, 2.45) is 5.73 Å². The van der Waals surface area contributed by atoms with E-state index in [1.54, 1.807) is 0 Å². The Labute approximate surface area is 127 Å². The zero-order valence-corrected chi connectivity index (χ0v) is 12.0. The summed E-state index contributed by atoms with van der Waals surface area (Å²) in [4.78, 5) is 34.0. The molecule has 114 valence electrons. The normalized spacial score (nSPS) is 11.7. The number of urea groups is 1. The van der Waals surface area contributed by atoms with Crippen molar-refractivity contribution < 1.29 is 19.1 Å². The van der Waals surface area contributed by atoms with Crippen molar-refractivity contribution in [1.82, 2.24) is 5.32 Å². The van der Waals surface area contributed by atoms with Gasteiger partial charge in [0.1, 0.15) is 0 Å². The van der Waals surface area contributed by atoms with Gasteiger partial charge in [0, 0.05) is 0 Å². The maximum absolute atomic E-state index is 11.9. The molecule has 0 heterocycles. The third-order valence-electron chi connectivity index (χ3n) is 3.14. The van der Waals surface area contributed by atoms with E-state index in [-0.39, 0.29) is 6.42 Å². The molecule has 2 rings (SSSR count). The molecule has 0 radical (unpaired) electrons. The molecule has 6 nitrogen and oxygen atoms in total. The molecule has 0 aliphatic carbocycles. The fraction of sp³-hybridized carbons (Fsp3) is 0.188. The summed E-state index contributed by atoms with van der Waals surface area (Å²) in [6, 6.07) is 12.3. The number of nitrogens with one attached hydrogen (secondary N) is 1. The highest BCUT2D eigenvalue weighted by molar-refractivity contribution is 5.96. The van der Waals surface area contributed by atoms with Gasteiger partial charge in [-0.3, -0.25) is 14.9 Å². The minimum atomic E-state index is -1.09. The molecule has 6 heteroatoms. The second-order valence-electron chi connectivity index (χ2n) is 4.80. The quantitative estimate of drug-likeness (QED) is 0.836. The topological polar surface area (TPSA) is 98.5 Å². The lowest BCUT2D eigenvalue weighted by Gasteiger charge is -2.12. The number of imide groups is 1. The Morgan fingerprint density at radius 3 is 2.55 bits per heavy atom. The van der Waals surface area contributed by atoms with Crippen molar-refractivity contribution in [1.29, 1.82) is 0 Å². The van der Waals surface area contributed by atoms with Gasteiger partial charge in [-0.05, 0) is 23.3 Å². The molecule has 0 aromatic heterocycles. The van der Waals surface area contributed by atoms with Gasteiger partial charge in [0.2, 0.25) is 0 Å². The summed E-state index contributed by atoms with van der Waals surface area (Å²) in [6.07, 6.45) is -1.05. The van der Waals surface area contributed by atoms with Gasteiger partial charge in [-0.1, -0.05) is 42.5 Å². The van der Waals surface area contributed by atoms with Gasteiger partial charge in [0.05, 0.1) is 6.42 Å². The van der Waals surface area contributed by atoms with Crippen molar-refractivity contribution in [2.45, 2.75) is 19.4 Å². The molecule has 0 spiro atoms. The molecule has 0 fully saturated rings. The Balaban J connectivity index is 2.05. The lowest BCUT2D eigenvalue weighted by molar-refractivity contribution is -0.153. The summed E-state index contributed by atoms with van der Waals surface area (Å²) >= 11 is 0. The van der Waals surface area contributed by atoms with Crippen molar-refractivity contribution in [3.05, 3.63) is 48.0 Å². The van der Waals surface area contributed by atoms with Crippen LogP contribution in [0.4, 0.5) is 4.79 Å². The molecular formula is C16H16N2O4. The summed E-state index contributed by atoms with van der Waals surface area (Å²) in [7, 11) is 0. The van der Waals surface area contributed by atoms with E-state index in [4.69, 9.17) is 10.5 Å². The lowest BCUT2D eigenvalue weighted by Crippen LogP contribution is -2.42. The maximum Gasteiger partial charge on any atom is 0.318 e. The van der Waals surface area contributed by atoms with Gasteiger partial charge in [0.15, 0.2) is 6.10 Å². The van der Waals surface area contributed by atoms with E-state index in [1.807, 2.05) is 47.8 Å². The van der Waals surface area contributed by atoms with E-state index >= 15 is 0 Å². The highest BCUT2D eigenvalue weighted by Gasteiger charge is 2.19. The molecule has 0 saturated heterocycles. The zero-order valence-electron chi connectivity index (χ0n) is 12.0. The van der Waals surface area contributed by atoms with Crippen LogP contribution in [-0.2, 0) is 20.7 Å². The first kappa shape index (κ1) is 15.5. The first-order valence-electron chi connectivity index (χ1n) is 6.74.